The molecule has 3 aromatic rings. The summed E-state index contributed by atoms with van der Waals surface area (Å²) in [6.07, 6.45) is 6.17. The van der Waals surface area contributed by atoms with Crippen LogP contribution >= 0.6 is 0 Å². The molecule has 0 saturated heterocycles. The van der Waals surface area contributed by atoms with Gasteiger partial charge in [-0.3, -0.25) is 9.59 Å². The highest BCUT2D eigenvalue weighted by molar-refractivity contribution is 8.00. The van der Waals surface area contributed by atoms with Crippen molar-refractivity contribution in [2.24, 2.45) is 0 Å². The van der Waals surface area contributed by atoms with Crippen LogP contribution in [0.25, 0.3) is 5.69 Å². The van der Waals surface area contributed by atoms with Crippen LogP contribution in [0.2, 0.25) is 0 Å². The van der Waals surface area contributed by atoms with Crippen LogP contribution in [0.1, 0.15) is 84.1 Å². The molecule has 0 fully saturated rings. The highest BCUT2D eigenvalue weighted by Crippen LogP contribution is 2.29. The van der Waals surface area contributed by atoms with Crippen LogP contribution in [0.4, 0.5) is 5.69 Å². The fourth-order valence-corrected chi connectivity index (χ4v) is 5.93. The Morgan fingerprint density at radius 2 is 1.73 bits per heavy atom. The summed E-state index contributed by atoms with van der Waals surface area (Å²) in [5.74, 6) is 3.47. The molecular weight excluding hydrogens is 534 g/mol. The number of amides is 2. The molecular formula is C32H43N5O3S. The number of carbonyl (C=O) groups is 2. The van der Waals surface area contributed by atoms with E-state index in [0.717, 1.165) is 43.4 Å². The number of aromatic nitrogens is 2. The van der Waals surface area contributed by atoms with Crippen molar-refractivity contribution in [1.82, 2.24) is 19.6 Å². The Labute approximate surface area is 244 Å². The maximum atomic E-state index is 14.2. The average Bonchev–Trinajstić information content (AvgIpc) is 3.32. The molecule has 1 unspecified atom stereocenters. The van der Waals surface area contributed by atoms with Crippen molar-refractivity contribution in [2.75, 3.05) is 24.1 Å². The van der Waals surface area contributed by atoms with Gasteiger partial charge in [-0.05, 0) is 74.4 Å². The molecule has 0 saturated carbocycles. The maximum Gasteiger partial charge on any atom is 0.274 e. The number of benzene rings is 2. The zero-order chi connectivity index (χ0) is 29.7. The van der Waals surface area contributed by atoms with Crippen LogP contribution in [0.3, 0.4) is 0 Å². The number of aryl methyl sites for hydroxylation is 1. The maximum absolute atomic E-state index is 14.2. The molecule has 1 N–H and O–H groups in total. The Balaban J connectivity index is 1.74. The molecule has 2 aromatic carbocycles. The zero-order valence-corrected chi connectivity index (χ0v) is 25.8. The minimum atomic E-state index is -2.56. The lowest BCUT2D eigenvalue weighted by Crippen LogP contribution is -2.43. The molecule has 0 radical (unpaired) electrons. The second-order valence-corrected chi connectivity index (χ2v) is 13.4. The predicted molar refractivity (Wildman–Crippen MR) is 168 cm³/mol. The molecule has 0 aliphatic carbocycles. The van der Waals surface area contributed by atoms with E-state index >= 15 is 0 Å². The van der Waals surface area contributed by atoms with Gasteiger partial charge in [-0.2, -0.15) is 5.10 Å². The van der Waals surface area contributed by atoms with Crippen LogP contribution in [0.5, 0.6) is 0 Å². The SMILES string of the molecule is C=S(C)(=O)Nc1ccc(-n2nc(C(=O)N(CCCC)CCCC)cc2C)c(C(=O)N2Cc3ccccc3C[C@H]2C)c1. The van der Waals surface area contributed by atoms with Crippen molar-refractivity contribution in [3.05, 3.63) is 76.6 Å². The van der Waals surface area contributed by atoms with Gasteiger partial charge in [0.25, 0.3) is 11.8 Å². The Morgan fingerprint density at radius 3 is 2.37 bits per heavy atom. The fraction of sp³-hybridized carbons (Fsp3) is 0.438. The molecule has 1 aliphatic heterocycles. The Hall–Kier alpha value is -3.59. The van der Waals surface area contributed by atoms with Gasteiger partial charge in [0.1, 0.15) is 0 Å². The monoisotopic (exact) mass is 577 g/mol. The number of rotatable bonds is 11. The fourth-order valence-electron chi connectivity index (χ4n) is 5.31. The highest BCUT2D eigenvalue weighted by Gasteiger charge is 2.30. The number of nitrogens with zero attached hydrogens (tertiary/aromatic N) is 4. The van der Waals surface area contributed by atoms with Crippen molar-refractivity contribution >= 4 is 33.1 Å². The van der Waals surface area contributed by atoms with E-state index in [2.05, 4.69) is 43.5 Å². The van der Waals surface area contributed by atoms with Gasteiger partial charge in [0.15, 0.2) is 5.69 Å². The summed E-state index contributed by atoms with van der Waals surface area (Å²) in [6.45, 7) is 10.1. The molecule has 0 spiro atoms. The van der Waals surface area contributed by atoms with Crippen LogP contribution in [0, 0.1) is 6.92 Å². The van der Waals surface area contributed by atoms with E-state index < -0.39 is 9.71 Å². The minimum absolute atomic E-state index is 0.00773. The Morgan fingerprint density at radius 1 is 1.07 bits per heavy atom. The van der Waals surface area contributed by atoms with E-state index in [1.807, 2.05) is 28.9 Å². The van der Waals surface area contributed by atoms with Gasteiger partial charge in [0.2, 0.25) is 0 Å². The number of hydrogen-bond donors (Lipinski definition) is 1. The molecule has 41 heavy (non-hydrogen) atoms. The van der Waals surface area contributed by atoms with Crippen molar-refractivity contribution in [2.45, 2.75) is 72.4 Å². The number of fused-ring (bicyclic) bond motifs is 1. The van der Waals surface area contributed by atoms with Crippen molar-refractivity contribution in [1.29, 1.82) is 0 Å². The molecule has 4 rings (SSSR count). The van der Waals surface area contributed by atoms with Gasteiger partial charge in [0, 0.05) is 53.0 Å². The molecule has 9 heteroatoms. The number of nitrogens with one attached hydrogen (secondary N) is 1. The zero-order valence-electron chi connectivity index (χ0n) is 25.0. The average molecular weight is 578 g/mol. The number of carbonyl (C=O) groups excluding carboxylic acids is 2. The Bertz CT molecular complexity index is 1500. The predicted octanol–water partition coefficient (Wildman–Crippen LogP) is 5.48. The van der Waals surface area contributed by atoms with E-state index in [9.17, 15) is 13.8 Å². The van der Waals surface area contributed by atoms with Gasteiger partial charge in [-0.25, -0.2) is 8.89 Å². The van der Waals surface area contributed by atoms with Gasteiger partial charge < -0.3 is 14.5 Å². The number of hydrogen-bond acceptors (Lipinski definition) is 4. The summed E-state index contributed by atoms with van der Waals surface area (Å²) in [5, 5.41) is 4.73. The third-order valence-corrected chi connectivity index (χ3v) is 8.18. The highest BCUT2D eigenvalue weighted by atomic mass is 32.2. The van der Waals surface area contributed by atoms with Crippen molar-refractivity contribution in [3.63, 3.8) is 0 Å². The van der Waals surface area contributed by atoms with Gasteiger partial charge >= 0.3 is 0 Å². The molecule has 1 aromatic heterocycles. The van der Waals surface area contributed by atoms with E-state index in [4.69, 9.17) is 5.10 Å². The van der Waals surface area contributed by atoms with Gasteiger partial charge in [0.05, 0.1) is 11.3 Å². The van der Waals surface area contributed by atoms with Gasteiger partial charge in [-0.15, -0.1) is 0 Å². The lowest BCUT2D eigenvalue weighted by Gasteiger charge is -2.35. The normalized spacial score (nSPS) is 16.1. The van der Waals surface area contributed by atoms with Crippen LogP contribution in [0.15, 0.2) is 48.5 Å². The first kappa shape index (κ1) is 30.4. The van der Waals surface area contributed by atoms with Crippen LogP contribution in [-0.4, -0.2) is 66.9 Å². The van der Waals surface area contributed by atoms with Crippen molar-refractivity contribution < 1.29 is 13.8 Å². The third kappa shape index (κ3) is 7.19. The summed E-state index contributed by atoms with van der Waals surface area (Å²) in [4.78, 5) is 31.5. The number of unbranched alkanes of at least 4 members (excludes halogenated alkanes) is 2. The molecule has 0 bridgehead atoms. The van der Waals surface area contributed by atoms with Crippen LogP contribution < -0.4 is 4.72 Å². The molecule has 220 valence electrons. The quantitative estimate of drug-likeness (QED) is 0.306. The van der Waals surface area contributed by atoms with E-state index in [1.54, 1.807) is 28.9 Å². The number of anilines is 1. The van der Waals surface area contributed by atoms with E-state index in [0.29, 0.717) is 42.3 Å². The summed E-state index contributed by atoms with van der Waals surface area (Å²) in [5.41, 5.74) is 5.03. The third-order valence-electron chi connectivity index (χ3n) is 7.51. The second-order valence-electron chi connectivity index (χ2n) is 11.2. The van der Waals surface area contributed by atoms with Gasteiger partial charge in [-0.1, -0.05) is 51.0 Å². The van der Waals surface area contributed by atoms with Crippen molar-refractivity contribution in [3.8, 4) is 5.69 Å². The second kappa shape index (κ2) is 12.9. The Kier molecular flexibility index (Phi) is 9.58. The first-order chi connectivity index (χ1) is 19.5. The summed E-state index contributed by atoms with van der Waals surface area (Å²) in [7, 11) is -2.56. The lowest BCUT2D eigenvalue weighted by molar-refractivity contribution is 0.0658. The summed E-state index contributed by atoms with van der Waals surface area (Å²) < 4.78 is 17.1. The smallest absolute Gasteiger partial charge is 0.274 e. The van der Waals surface area contributed by atoms with E-state index in [1.165, 1.54) is 11.8 Å². The minimum Gasteiger partial charge on any atom is -0.337 e. The summed E-state index contributed by atoms with van der Waals surface area (Å²) >= 11 is 0. The molecule has 1 aliphatic rings. The molecule has 8 nitrogen and oxygen atoms in total. The molecule has 2 amide bonds. The molecule has 2 heterocycles. The first-order valence-electron chi connectivity index (χ1n) is 14.5. The van der Waals surface area contributed by atoms with Crippen LogP contribution in [-0.2, 0) is 22.7 Å². The topological polar surface area (TPSA) is 87.5 Å². The molecule has 2 atom stereocenters. The standard InChI is InChI=1S/C32H43N5O3S/c1-7-9-17-35(18-10-8-2)32(39)29-20-24(4)37(33-29)30-16-15-27(34-41(5,6)40)21-28(30)31(38)36-22-26-14-12-11-13-25(26)19-23(36)3/h11-16,20-21,23H,5,7-10,17-19,22H2,1-4,6H3,(H,34,40)/t23-,41?/m1/s1. The first-order valence-corrected chi connectivity index (χ1v) is 16.6. The largest absolute Gasteiger partial charge is 0.337 e. The van der Waals surface area contributed by atoms with E-state index in [-0.39, 0.29) is 17.9 Å². The lowest BCUT2D eigenvalue weighted by atomic mass is 9.94. The summed E-state index contributed by atoms with van der Waals surface area (Å²) in [6, 6.07) is 15.3.